The van der Waals surface area contributed by atoms with Gasteiger partial charge in [-0.1, -0.05) is 20.8 Å². The van der Waals surface area contributed by atoms with Crippen LogP contribution in [0.25, 0.3) is 16.9 Å². The van der Waals surface area contributed by atoms with Crippen molar-refractivity contribution in [2.24, 2.45) is 5.41 Å². The third-order valence-electron chi connectivity index (χ3n) is 5.49. The maximum absolute atomic E-state index is 11.7. The Morgan fingerprint density at radius 1 is 1.30 bits per heavy atom. The molecule has 1 fully saturated rings. The number of methoxy groups -OCH3 is 1. The quantitative estimate of drug-likeness (QED) is 0.679. The Bertz CT molecular complexity index is 1070. The zero-order valence-electron chi connectivity index (χ0n) is 17.5. The van der Waals surface area contributed by atoms with Crippen LogP contribution in [0.5, 0.6) is 5.75 Å². The minimum Gasteiger partial charge on any atom is -0.497 e. The molecule has 158 valence electrons. The van der Waals surface area contributed by atoms with Crippen molar-refractivity contribution in [1.82, 2.24) is 24.4 Å². The molecule has 3 heterocycles. The first kappa shape index (κ1) is 19.9. The molecule has 2 aromatic heterocycles. The number of hydrogen-bond donors (Lipinski definition) is 2. The minimum absolute atomic E-state index is 0.0507. The van der Waals surface area contributed by atoms with Crippen LogP contribution in [0.4, 0.5) is 10.6 Å². The Hall–Kier alpha value is -3.36. The van der Waals surface area contributed by atoms with Crippen LogP contribution in [0.15, 0.2) is 36.9 Å². The van der Waals surface area contributed by atoms with Crippen LogP contribution in [0.1, 0.15) is 27.2 Å². The van der Waals surface area contributed by atoms with Gasteiger partial charge in [0, 0.05) is 12.6 Å². The number of carboxylic acid groups (broad SMARTS) is 1. The molecule has 0 aliphatic carbocycles. The molecular weight excluding hydrogens is 384 g/mol. The second kappa shape index (κ2) is 7.47. The van der Waals surface area contributed by atoms with Crippen LogP contribution in [0.3, 0.4) is 0 Å². The van der Waals surface area contributed by atoms with Gasteiger partial charge in [-0.3, -0.25) is 9.55 Å². The van der Waals surface area contributed by atoms with Crippen molar-refractivity contribution in [3.63, 3.8) is 0 Å². The van der Waals surface area contributed by atoms with Gasteiger partial charge in [-0.2, -0.15) is 0 Å². The van der Waals surface area contributed by atoms with Crippen molar-refractivity contribution < 1.29 is 14.6 Å². The van der Waals surface area contributed by atoms with Gasteiger partial charge in [0.2, 0.25) is 0 Å². The number of anilines is 1. The summed E-state index contributed by atoms with van der Waals surface area (Å²) in [6.07, 6.45) is 4.86. The van der Waals surface area contributed by atoms with Gasteiger partial charge in [0.25, 0.3) is 0 Å². The molecule has 2 N–H and O–H groups in total. The number of fused-ring (bicyclic) bond motifs is 1. The van der Waals surface area contributed by atoms with E-state index in [4.69, 9.17) is 9.72 Å². The number of aromatic nitrogens is 4. The van der Waals surface area contributed by atoms with E-state index in [1.165, 1.54) is 4.90 Å². The summed E-state index contributed by atoms with van der Waals surface area (Å²) in [5.41, 5.74) is 1.48. The largest absolute Gasteiger partial charge is 0.497 e. The molecule has 9 heteroatoms. The second-order valence-corrected chi connectivity index (χ2v) is 8.56. The number of likely N-dealkylation sites (tertiary alicyclic amines) is 1. The van der Waals surface area contributed by atoms with Gasteiger partial charge in [-0.25, -0.2) is 14.8 Å². The molecule has 0 saturated carbocycles. The highest BCUT2D eigenvalue weighted by molar-refractivity contribution is 5.78. The number of carbonyl (C=O) groups is 1. The maximum Gasteiger partial charge on any atom is 0.407 e. The highest BCUT2D eigenvalue weighted by atomic mass is 16.5. The fraction of sp³-hybridized carbons (Fsp3) is 0.429. The highest BCUT2D eigenvalue weighted by Gasteiger charge is 2.44. The van der Waals surface area contributed by atoms with Crippen molar-refractivity contribution in [1.29, 1.82) is 0 Å². The Morgan fingerprint density at radius 2 is 2.10 bits per heavy atom. The summed E-state index contributed by atoms with van der Waals surface area (Å²) in [4.78, 5) is 26.7. The van der Waals surface area contributed by atoms with Gasteiger partial charge in [0.15, 0.2) is 5.82 Å². The topological polar surface area (TPSA) is 105 Å². The number of rotatable bonds is 4. The van der Waals surface area contributed by atoms with E-state index in [9.17, 15) is 9.90 Å². The molecule has 0 spiro atoms. The third kappa shape index (κ3) is 3.62. The maximum atomic E-state index is 11.7. The summed E-state index contributed by atoms with van der Waals surface area (Å²) in [5.74, 6) is 1.96. The minimum atomic E-state index is -0.891. The van der Waals surface area contributed by atoms with Gasteiger partial charge in [0.1, 0.15) is 17.9 Å². The van der Waals surface area contributed by atoms with Crippen LogP contribution < -0.4 is 10.1 Å². The van der Waals surface area contributed by atoms with E-state index in [-0.39, 0.29) is 17.5 Å². The Morgan fingerprint density at radius 3 is 2.80 bits per heavy atom. The standard InChI is InChI=1S/C21H26N6O3/c1-21(2,3)19-15(7-8-26(19)20(28)29)24-17-10-22-11-18(25-17)27-12-23-14-6-5-13(30-4)9-16(14)27/h5-6,9-12,15,19H,7-8H2,1-4H3,(H,24,25)(H,28,29)/t15-,19?/m1/s1. The Kier molecular flexibility index (Phi) is 4.97. The summed E-state index contributed by atoms with van der Waals surface area (Å²) in [7, 11) is 1.62. The fourth-order valence-electron chi connectivity index (χ4n) is 4.26. The van der Waals surface area contributed by atoms with Crippen LogP contribution in [0, 0.1) is 5.41 Å². The number of benzene rings is 1. The van der Waals surface area contributed by atoms with Crippen LogP contribution >= 0.6 is 0 Å². The zero-order valence-corrected chi connectivity index (χ0v) is 17.5. The average molecular weight is 410 g/mol. The monoisotopic (exact) mass is 410 g/mol. The summed E-state index contributed by atoms with van der Waals surface area (Å²) in [6, 6.07) is 5.45. The van der Waals surface area contributed by atoms with Crippen molar-refractivity contribution in [3.8, 4) is 11.6 Å². The van der Waals surface area contributed by atoms with Gasteiger partial charge >= 0.3 is 6.09 Å². The smallest absolute Gasteiger partial charge is 0.407 e. The number of amides is 1. The molecule has 1 unspecified atom stereocenters. The van der Waals surface area contributed by atoms with Crippen molar-refractivity contribution >= 4 is 22.9 Å². The predicted octanol–water partition coefficient (Wildman–Crippen LogP) is 3.40. The lowest BCUT2D eigenvalue weighted by Crippen LogP contribution is -2.49. The van der Waals surface area contributed by atoms with E-state index in [0.717, 1.165) is 16.8 Å². The molecule has 2 atom stereocenters. The highest BCUT2D eigenvalue weighted by Crippen LogP contribution is 2.34. The second-order valence-electron chi connectivity index (χ2n) is 8.56. The van der Waals surface area contributed by atoms with Crippen molar-refractivity contribution in [2.45, 2.75) is 39.3 Å². The number of nitrogens with zero attached hydrogens (tertiary/aromatic N) is 5. The van der Waals surface area contributed by atoms with Crippen molar-refractivity contribution in [3.05, 3.63) is 36.9 Å². The molecule has 0 bridgehead atoms. The zero-order chi connectivity index (χ0) is 21.5. The summed E-state index contributed by atoms with van der Waals surface area (Å²) < 4.78 is 7.18. The van der Waals surface area contributed by atoms with Gasteiger partial charge < -0.3 is 20.1 Å². The summed E-state index contributed by atoms with van der Waals surface area (Å²) in [6.45, 7) is 6.66. The molecule has 30 heavy (non-hydrogen) atoms. The van der Waals surface area contributed by atoms with E-state index in [0.29, 0.717) is 24.6 Å². The van der Waals surface area contributed by atoms with Crippen LogP contribution in [0.2, 0.25) is 0 Å². The van der Waals surface area contributed by atoms with Gasteiger partial charge in [-0.05, 0) is 24.0 Å². The lowest BCUT2D eigenvalue weighted by molar-refractivity contribution is 0.103. The van der Waals surface area contributed by atoms with E-state index in [2.05, 4.69) is 36.1 Å². The van der Waals surface area contributed by atoms with E-state index in [1.54, 1.807) is 25.8 Å². The first-order valence-corrected chi connectivity index (χ1v) is 9.87. The Balaban J connectivity index is 1.64. The van der Waals surface area contributed by atoms with Gasteiger partial charge in [0.05, 0.1) is 42.6 Å². The molecule has 9 nitrogen and oxygen atoms in total. The van der Waals surface area contributed by atoms with Crippen molar-refractivity contribution in [2.75, 3.05) is 19.0 Å². The average Bonchev–Trinajstić information content (AvgIpc) is 3.31. The predicted molar refractivity (Wildman–Crippen MR) is 113 cm³/mol. The summed E-state index contributed by atoms with van der Waals surface area (Å²) in [5, 5.41) is 13.0. The van der Waals surface area contributed by atoms with Crippen LogP contribution in [-0.2, 0) is 0 Å². The molecule has 3 aromatic rings. The van der Waals surface area contributed by atoms with E-state index < -0.39 is 6.09 Å². The first-order valence-electron chi connectivity index (χ1n) is 9.87. The molecule has 1 saturated heterocycles. The SMILES string of the molecule is COc1ccc2ncn(-c3cncc(N[C@@H]4CCN(C(=O)O)C4C(C)(C)C)n3)c2c1. The number of imidazole rings is 1. The lowest BCUT2D eigenvalue weighted by atomic mass is 9.82. The molecule has 1 aliphatic rings. The molecule has 0 radical (unpaired) electrons. The van der Waals surface area contributed by atoms with Gasteiger partial charge in [-0.15, -0.1) is 0 Å². The number of nitrogens with one attached hydrogen (secondary N) is 1. The van der Waals surface area contributed by atoms with E-state index in [1.807, 2.05) is 22.8 Å². The third-order valence-corrected chi connectivity index (χ3v) is 5.49. The first-order chi connectivity index (χ1) is 14.3. The normalized spacial score (nSPS) is 19.3. The molecule has 4 rings (SSSR count). The summed E-state index contributed by atoms with van der Waals surface area (Å²) >= 11 is 0. The fourth-order valence-corrected chi connectivity index (χ4v) is 4.26. The van der Waals surface area contributed by atoms with Crippen LogP contribution in [-0.4, -0.2) is 61.4 Å². The molecule has 1 aromatic carbocycles. The molecular formula is C21H26N6O3. The molecule has 1 amide bonds. The number of ether oxygens (including phenoxy) is 1. The number of hydrogen-bond acceptors (Lipinski definition) is 6. The van der Waals surface area contributed by atoms with E-state index >= 15 is 0 Å². The Labute approximate surface area is 174 Å². The molecule has 1 aliphatic heterocycles. The lowest BCUT2D eigenvalue weighted by Gasteiger charge is -2.37.